The van der Waals surface area contributed by atoms with Gasteiger partial charge in [0.2, 0.25) is 0 Å². The van der Waals surface area contributed by atoms with E-state index in [1.54, 1.807) is 0 Å². The minimum absolute atomic E-state index is 0.0843. The highest BCUT2D eigenvalue weighted by Gasteiger charge is 2.57. The monoisotopic (exact) mass is 298 g/mol. The molecule has 2 aliphatic heterocycles. The van der Waals surface area contributed by atoms with Crippen LogP contribution in [-0.2, 0) is 14.9 Å². The van der Waals surface area contributed by atoms with Gasteiger partial charge in [-0.05, 0) is 36.9 Å². The first-order chi connectivity index (χ1) is 10.7. The predicted molar refractivity (Wildman–Crippen MR) is 85.6 cm³/mol. The third-order valence-corrected chi connectivity index (χ3v) is 5.72. The number of carbonyl (C=O) groups is 1. The summed E-state index contributed by atoms with van der Waals surface area (Å²) in [6.07, 6.45) is 2.89. The van der Waals surface area contributed by atoms with E-state index >= 15 is 0 Å². The van der Waals surface area contributed by atoms with Crippen LogP contribution in [0.2, 0.25) is 0 Å². The maximum Gasteiger partial charge on any atom is 0.335 e. The van der Waals surface area contributed by atoms with Crippen LogP contribution < -0.4 is 10.6 Å². The summed E-state index contributed by atoms with van der Waals surface area (Å²) in [5, 5.41) is 7.26. The molecule has 3 atom stereocenters. The highest BCUT2D eigenvalue weighted by molar-refractivity contribution is 5.92. The molecule has 1 saturated heterocycles. The van der Waals surface area contributed by atoms with Crippen molar-refractivity contribution in [1.82, 2.24) is 5.32 Å². The first-order valence-electron chi connectivity index (χ1n) is 8.14. The van der Waals surface area contributed by atoms with Crippen molar-refractivity contribution in [3.8, 4) is 0 Å². The van der Waals surface area contributed by atoms with E-state index in [4.69, 9.17) is 4.74 Å². The number of fused-ring (bicyclic) bond motifs is 1. The number of hydrogen-bond acceptors (Lipinski definition) is 4. The molecule has 1 aromatic carbocycles. The van der Waals surface area contributed by atoms with Gasteiger partial charge in [-0.25, -0.2) is 4.79 Å². The van der Waals surface area contributed by atoms with Gasteiger partial charge in [-0.15, -0.1) is 0 Å². The van der Waals surface area contributed by atoms with Crippen LogP contribution in [0.3, 0.4) is 0 Å². The van der Waals surface area contributed by atoms with Gasteiger partial charge in [-0.2, -0.15) is 0 Å². The van der Waals surface area contributed by atoms with Crippen molar-refractivity contribution < 1.29 is 9.53 Å². The van der Waals surface area contributed by atoms with Crippen molar-refractivity contribution in [3.63, 3.8) is 0 Å². The van der Waals surface area contributed by atoms with Gasteiger partial charge in [-0.1, -0.05) is 31.5 Å². The third kappa shape index (κ3) is 1.59. The van der Waals surface area contributed by atoms with Gasteiger partial charge in [0.15, 0.2) is 0 Å². The number of esters is 1. The van der Waals surface area contributed by atoms with Crippen molar-refractivity contribution in [1.29, 1.82) is 0 Å². The van der Waals surface area contributed by atoms with E-state index in [2.05, 4.69) is 35.8 Å². The summed E-state index contributed by atoms with van der Waals surface area (Å²) in [7, 11) is 1.48. The van der Waals surface area contributed by atoms with Crippen LogP contribution in [0.4, 0.5) is 5.69 Å². The number of benzene rings is 1. The Balaban J connectivity index is 1.97. The Morgan fingerprint density at radius 3 is 3.00 bits per heavy atom. The lowest BCUT2D eigenvalue weighted by molar-refractivity contribution is -0.136. The Labute approximate surface area is 130 Å². The third-order valence-electron chi connectivity index (χ3n) is 5.72. The molecule has 4 heteroatoms. The average Bonchev–Trinajstić information content (AvgIpc) is 3.14. The number of ether oxygens (including phenoxy) is 1. The van der Waals surface area contributed by atoms with E-state index in [1.165, 1.54) is 12.7 Å². The maximum absolute atomic E-state index is 12.4. The number of carbonyl (C=O) groups excluding carboxylic acids is 1. The van der Waals surface area contributed by atoms with Crippen molar-refractivity contribution in [2.45, 2.75) is 37.6 Å². The van der Waals surface area contributed by atoms with Gasteiger partial charge >= 0.3 is 5.97 Å². The molecule has 1 aliphatic carbocycles. The number of para-hydroxylation sites is 1. The summed E-state index contributed by atoms with van der Waals surface area (Å²) in [4.78, 5) is 12.4. The number of hydrogen-bond donors (Lipinski definition) is 2. The second kappa shape index (κ2) is 4.85. The van der Waals surface area contributed by atoms with Crippen LogP contribution in [0.25, 0.3) is 0 Å². The van der Waals surface area contributed by atoms with Gasteiger partial charge in [-0.3, -0.25) is 0 Å². The van der Waals surface area contributed by atoms with Gasteiger partial charge in [0, 0.05) is 17.4 Å². The SMILES string of the molecule is CC[C@@H]1CC(C(=O)OC)=C2Nc3ccccc3[C@@]23CCN[C@@H]13. The molecular weight excluding hydrogens is 276 g/mol. The second-order valence-corrected chi connectivity index (χ2v) is 6.54. The van der Waals surface area contributed by atoms with Crippen molar-refractivity contribution in [2.24, 2.45) is 5.92 Å². The maximum atomic E-state index is 12.4. The lowest BCUT2D eigenvalue weighted by Crippen LogP contribution is -2.50. The number of anilines is 1. The molecule has 0 saturated carbocycles. The van der Waals surface area contributed by atoms with Crippen molar-refractivity contribution in [3.05, 3.63) is 41.1 Å². The Morgan fingerprint density at radius 2 is 2.23 bits per heavy atom. The summed E-state index contributed by atoms with van der Waals surface area (Å²) in [5.41, 5.74) is 4.31. The number of rotatable bonds is 2. The summed E-state index contributed by atoms with van der Waals surface area (Å²) in [5.74, 6) is 0.284. The van der Waals surface area contributed by atoms with Crippen LogP contribution in [0.15, 0.2) is 35.5 Å². The van der Waals surface area contributed by atoms with Crippen LogP contribution >= 0.6 is 0 Å². The summed E-state index contributed by atoms with van der Waals surface area (Å²) < 4.78 is 5.08. The number of nitrogens with one attached hydrogen (secondary N) is 2. The van der Waals surface area contributed by atoms with Gasteiger partial charge in [0.1, 0.15) is 0 Å². The molecule has 2 N–H and O–H groups in total. The molecule has 4 rings (SSSR count). The van der Waals surface area contributed by atoms with E-state index in [0.717, 1.165) is 42.8 Å². The molecule has 2 heterocycles. The molecule has 4 nitrogen and oxygen atoms in total. The van der Waals surface area contributed by atoms with Gasteiger partial charge in [0.25, 0.3) is 0 Å². The van der Waals surface area contributed by atoms with Gasteiger partial charge < -0.3 is 15.4 Å². The number of methoxy groups -OCH3 is 1. The van der Waals surface area contributed by atoms with E-state index in [1.807, 2.05) is 6.07 Å². The Hall–Kier alpha value is -1.81. The van der Waals surface area contributed by atoms with E-state index in [0.29, 0.717) is 12.0 Å². The smallest absolute Gasteiger partial charge is 0.335 e. The summed E-state index contributed by atoms with van der Waals surface area (Å²) >= 11 is 0. The summed E-state index contributed by atoms with van der Waals surface area (Å²) in [6, 6.07) is 8.87. The standard InChI is InChI=1S/C18H22N2O2/c1-3-11-10-12(17(21)22-2)16-18(8-9-19-15(11)18)13-6-4-5-7-14(13)20-16/h4-7,11,15,19-20H,3,8-10H2,1-2H3/t11-,15+,18-/m1/s1. The molecule has 1 fully saturated rings. The van der Waals surface area contributed by atoms with Crippen LogP contribution in [0.1, 0.15) is 31.7 Å². The quantitative estimate of drug-likeness (QED) is 0.824. The lowest BCUT2D eigenvalue weighted by Gasteiger charge is -2.42. The normalized spacial score (nSPS) is 32.1. The second-order valence-electron chi connectivity index (χ2n) is 6.54. The Bertz CT molecular complexity index is 667. The minimum atomic E-state index is -0.182. The van der Waals surface area contributed by atoms with Crippen molar-refractivity contribution >= 4 is 11.7 Å². The molecule has 0 radical (unpaired) electrons. The molecule has 3 aliphatic rings. The van der Waals surface area contributed by atoms with Crippen LogP contribution in [-0.4, -0.2) is 25.7 Å². The molecule has 22 heavy (non-hydrogen) atoms. The predicted octanol–water partition coefficient (Wildman–Crippen LogP) is 2.57. The topological polar surface area (TPSA) is 50.4 Å². The molecule has 0 unspecified atom stereocenters. The molecule has 0 amide bonds. The Kier molecular flexibility index (Phi) is 3.05. The first-order valence-corrected chi connectivity index (χ1v) is 8.14. The van der Waals surface area contributed by atoms with Crippen LogP contribution in [0.5, 0.6) is 0 Å². The molecule has 1 aromatic rings. The molecule has 116 valence electrons. The van der Waals surface area contributed by atoms with E-state index in [-0.39, 0.29) is 11.4 Å². The fourth-order valence-corrected chi connectivity index (χ4v) is 4.78. The van der Waals surface area contributed by atoms with Crippen LogP contribution in [0, 0.1) is 5.92 Å². The highest BCUT2D eigenvalue weighted by Crippen LogP contribution is 2.56. The van der Waals surface area contributed by atoms with Crippen molar-refractivity contribution in [2.75, 3.05) is 19.0 Å². The summed E-state index contributed by atoms with van der Waals surface area (Å²) in [6.45, 7) is 3.21. The largest absolute Gasteiger partial charge is 0.466 e. The zero-order valence-electron chi connectivity index (χ0n) is 13.1. The lowest BCUT2D eigenvalue weighted by atomic mass is 9.63. The minimum Gasteiger partial charge on any atom is -0.466 e. The fraction of sp³-hybridized carbons (Fsp3) is 0.500. The Morgan fingerprint density at radius 1 is 1.41 bits per heavy atom. The highest BCUT2D eigenvalue weighted by atomic mass is 16.5. The molecular formula is C18H22N2O2. The fourth-order valence-electron chi connectivity index (χ4n) is 4.78. The zero-order chi connectivity index (χ0) is 15.3. The van der Waals surface area contributed by atoms with E-state index < -0.39 is 0 Å². The van der Waals surface area contributed by atoms with E-state index in [9.17, 15) is 4.79 Å². The molecule has 1 spiro atoms. The first kappa shape index (κ1) is 13.8. The average molecular weight is 298 g/mol. The molecule has 0 aromatic heterocycles. The zero-order valence-corrected chi connectivity index (χ0v) is 13.1. The molecule has 0 bridgehead atoms. The van der Waals surface area contributed by atoms with Gasteiger partial charge in [0.05, 0.1) is 18.1 Å².